The molecule has 120 valence electrons. The van der Waals surface area contributed by atoms with Gasteiger partial charge in [0.1, 0.15) is 6.23 Å². The van der Waals surface area contributed by atoms with Gasteiger partial charge in [0.2, 0.25) is 5.95 Å². The van der Waals surface area contributed by atoms with Crippen molar-refractivity contribution in [2.75, 3.05) is 12.3 Å². The molecule has 0 aromatic carbocycles. The molecule has 0 aliphatic rings. The van der Waals surface area contributed by atoms with E-state index in [1.807, 2.05) is 45.3 Å². The molecule has 3 aromatic heterocycles. The summed E-state index contributed by atoms with van der Waals surface area (Å²) < 4.78 is 9.08. The van der Waals surface area contributed by atoms with Crippen LogP contribution in [0.15, 0.2) is 31.1 Å². The number of allylic oxidation sites excluding steroid dienone is 1. The van der Waals surface area contributed by atoms with Crippen molar-refractivity contribution in [3.63, 3.8) is 0 Å². The number of rotatable bonds is 5. The molecule has 0 radical (unpaired) electrons. The van der Waals surface area contributed by atoms with E-state index in [0.717, 1.165) is 22.4 Å². The fourth-order valence-corrected chi connectivity index (χ4v) is 2.60. The van der Waals surface area contributed by atoms with Crippen molar-refractivity contribution in [1.82, 2.24) is 24.4 Å². The topological polar surface area (TPSA) is 83.3 Å². The van der Waals surface area contributed by atoms with E-state index in [2.05, 4.69) is 21.8 Å². The zero-order valence-electron chi connectivity index (χ0n) is 13.5. The summed E-state index contributed by atoms with van der Waals surface area (Å²) in [5.41, 5.74) is 10.1. The smallest absolute Gasteiger partial charge is 0.240 e. The fourth-order valence-electron chi connectivity index (χ4n) is 2.60. The van der Waals surface area contributed by atoms with E-state index in [-0.39, 0.29) is 12.2 Å². The van der Waals surface area contributed by atoms with E-state index in [9.17, 15) is 0 Å². The molecule has 1 unspecified atom stereocenters. The Labute approximate surface area is 134 Å². The Balaban J connectivity index is 2.12. The lowest BCUT2D eigenvalue weighted by Gasteiger charge is -2.12. The van der Waals surface area contributed by atoms with Gasteiger partial charge in [0.15, 0.2) is 5.65 Å². The second-order valence-corrected chi connectivity index (χ2v) is 5.38. The predicted molar refractivity (Wildman–Crippen MR) is 89.7 cm³/mol. The second kappa shape index (κ2) is 5.85. The van der Waals surface area contributed by atoms with E-state index in [1.54, 1.807) is 9.20 Å². The minimum absolute atomic E-state index is 0.118. The molecular weight excluding hydrogens is 292 g/mol. The molecule has 3 aromatic rings. The van der Waals surface area contributed by atoms with Gasteiger partial charge in [0, 0.05) is 23.9 Å². The summed E-state index contributed by atoms with van der Waals surface area (Å²) in [5.74, 6) is 0.241. The van der Waals surface area contributed by atoms with E-state index in [0.29, 0.717) is 12.3 Å². The van der Waals surface area contributed by atoms with E-state index in [1.165, 1.54) is 0 Å². The standard InChI is InChI=1S/C16H20N6O/c1-5-23-11(4)21-9-12(8-18-21)13-6-7-14-19-16(17)20-22(14)15(13)10(2)3/h6-9,11H,2,5H2,1,3-4H3,(H2,17,20). The van der Waals surface area contributed by atoms with Crippen LogP contribution in [-0.2, 0) is 4.74 Å². The van der Waals surface area contributed by atoms with Crippen molar-refractivity contribution >= 4 is 17.2 Å². The SMILES string of the molecule is C=C(C)c1c(-c2cnn(C(C)OCC)c2)ccc2nc(N)nn12. The zero-order chi connectivity index (χ0) is 16.6. The van der Waals surface area contributed by atoms with Gasteiger partial charge in [-0.05, 0) is 38.5 Å². The highest BCUT2D eigenvalue weighted by atomic mass is 16.5. The first-order valence-electron chi connectivity index (χ1n) is 7.48. The molecule has 7 nitrogen and oxygen atoms in total. The third-order valence-electron chi connectivity index (χ3n) is 3.61. The molecule has 0 spiro atoms. The number of nitrogens with zero attached hydrogens (tertiary/aromatic N) is 5. The minimum Gasteiger partial charge on any atom is -0.366 e. The lowest BCUT2D eigenvalue weighted by Crippen LogP contribution is -2.09. The fraction of sp³-hybridized carbons (Fsp3) is 0.312. The van der Waals surface area contributed by atoms with Crippen molar-refractivity contribution in [3.05, 3.63) is 36.8 Å². The molecule has 2 N–H and O–H groups in total. The van der Waals surface area contributed by atoms with E-state index in [4.69, 9.17) is 10.5 Å². The monoisotopic (exact) mass is 312 g/mol. The number of hydrogen-bond donors (Lipinski definition) is 1. The zero-order valence-corrected chi connectivity index (χ0v) is 13.5. The number of pyridine rings is 1. The summed E-state index contributed by atoms with van der Waals surface area (Å²) in [5, 5.41) is 8.65. The molecule has 3 heterocycles. The van der Waals surface area contributed by atoms with Crippen LogP contribution in [0, 0.1) is 0 Å². The van der Waals surface area contributed by atoms with E-state index < -0.39 is 0 Å². The number of ether oxygens (including phenoxy) is 1. The first-order valence-corrected chi connectivity index (χ1v) is 7.48. The number of nitrogen functional groups attached to an aromatic ring is 1. The van der Waals surface area contributed by atoms with Crippen molar-refractivity contribution in [2.45, 2.75) is 27.0 Å². The van der Waals surface area contributed by atoms with Crippen molar-refractivity contribution in [2.24, 2.45) is 0 Å². The minimum atomic E-state index is -0.118. The van der Waals surface area contributed by atoms with Crippen molar-refractivity contribution in [3.8, 4) is 11.1 Å². The maximum absolute atomic E-state index is 5.72. The maximum Gasteiger partial charge on any atom is 0.240 e. The van der Waals surface area contributed by atoms with Crippen LogP contribution >= 0.6 is 0 Å². The molecule has 0 bridgehead atoms. The normalized spacial score (nSPS) is 12.7. The van der Waals surface area contributed by atoms with Gasteiger partial charge >= 0.3 is 0 Å². The molecule has 1 atom stereocenters. The van der Waals surface area contributed by atoms with Gasteiger partial charge in [0.25, 0.3) is 0 Å². The Hall–Kier alpha value is -2.67. The molecule has 0 aliphatic carbocycles. The Bertz CT molecular complexity index is 863. The number of fused-ring (bicyclic) bond motifs is 1. The summed E-state index contributed by atoms with van der Waals surface area (Å²) in [6.07, 6.45) is 3.64. The Morgan fingerprint density at radius 2 is 2.22 bits per heavy atom. The third kappa shape index (κ3) is 2.70. The van der Waals surface area contributed by atoms with Gasteiger partial charge in [-0.1, -0.05) is 6.58 Å². The van der Waals surface area contributed by atoms with Crippen LogP contribution in [0.4, 0.5) is 5.95 Å². The Morgan fingerprint density at radius 1 is 1.43 bits per heavy atom. The Morgan fingerprint density at radius 3 is 2.91 bits per heavy atom. The summed E-state index contributed by atoms with van der Waals surface area (Å²) in [4.78, 5) is 4.20. The van der Waals surface area contributed by atoms with Crippen LogP contribution in [0.5, 0.6) is 0 Å². The summed E-state index contributed by atoms with van der Waals surface area (Å²) in [6, 6.07) is 3.87. The van der Waals surface area contributed by atoms with Crippen LogP contribution in [0.3, 0.4) is 0 Å². The first kappa shape index (κ1) is 15.2. The van der Waals surface area contributed by atoms with Gasteiger partial charge in [-0.2, -0.15) is 10.1 Å². The molecule has 0 aliphatic heterocycles. The molecule has 7 heteroatoms. The van der Waals surface area contributed by atoms with Gasteiger partial charge in [-0.25, -0.2) is 9.20 Å². The van der Waals surface area contributed by atoms with Gasteiger partial charge in [-0.15, -0.1) is 5.10 Å². The number of aromatic nitrogens is 5. The van der Waals surface area contributed by atoms with Crippen LogP contribution < -0.4 is 5.73 Å². The summed E-state index contributed by atoms with van der Waals surface area (Å²) in [6.45, 7) is 10.6. The summed E-state index contributed by atoms with van der Waals surface area (Å²) in [7, 11) is 0. The largest absolute Gasteiger partial charge is 0.366 e. The van der Waals surface area contributed by atoms with Gasteiger partial charge < -0.3 is 10.5 Å². The molecular formula is C16H20N6O. The first-order chi connectivity index (χ1) is 11.0. The molecule has 0 fully saturated rings. The predicted octanol–water partition coefficient (Wildman–Crippen LogP) is 2.76. The van der Waals surface area contributed by atoms with E-state index >= 15 is 0 Å². The average molecular weight is 312 g/mol. The number of anilines is 1. The quantitative estimate of drug-likeness (QED) is 0.783. The number of hydrogen-bond acceptors (Lipinski definition) is 5. The maximum atomic E-state index is 5.72. The molecule has 3 rings (SSSR count). The molecule has 0 amide bonds. The van der Waals surface area contributed by atoms with Gasteiger partial charge in [-0.3, -0.25) is 0 Å². The molecule has 23 heavy (non-hydrogen) atoms. The highest BCUT2D eigenvalue weighted by Gasteiger charge is 2.15. The Kier molecular flexibility index (Phi) is 3.87. The molecule has 0 saturated carbocycles. The highest BCUT2D eigenvalue weighted by Crippen LogP contribution is 2.29. The second-order valence-electron chi connectivity index (χ2n) is 5.38. The lowest BCUT2D eigenvalue weighted by atomic mass is 10.0. The van der Waals surface area contributed by atoms with Crippen LogP contribution in [0.1, 0.15) is 32.7 Å². The van der Waals surface area contributed by atoms with Crippen LogP contribution in [0.25, 0.3) is 22.3 Å². The van der Waals surface area contributed by atoms with Gasteiger partial charge in [0.05, 0.1) is 11.9 Å². The molecule has 0 saturated heterocycles. The summed E-state index contributed by atoms with van der Waals surface area (Å²) >= 11 is 0. The third-order valence-corrected chi connectivity index (χ3v) is 3.61. The van der Waals surface area contributed by atoms with Crippen molar-refractivity contribution in [1.29, 1.82) is 0 Å². The van der Waals surface area contributed by atoms with Crippen LogP contribution in [-0.4, -0.2) is 31.0 Å². The van der Waals surface area contributed by atoms with Crippen LogP contribution in [0.2, 0.25) is 0 Å². The lowest BCUT2D eigenvalue weighted by molar-refractivity contribution is 0.0160. The van der Waals surface area contributed by atoms with Crippen molar-refractivity contribution < 1.29 is 4.74 Å². The highest BCUT2D eigenvalue weighted by molar-refractivity contribution is 5.79. The number of nitrogens with two attached hydrogens (primary N) is 1. The average Bonchev–Trinajstić information content (AvgIpc) is 3.11.